The Balaban J connectivity index is 2.70. The fourth-order valence-electron chi connectivity index (χ4n) is 0.794. The van der Waals surface area contributed by atoms with Gasteiger partial charge < -0.3 is 10.4 Å². The molecule has 1 aliphatic rings. The number of hydrazone groups is 1. The lowest BCUT2D eigenvalue weighted by atomic mass is 10.3. The molecule has 0 spiro atoms. The average Bonchev–Trinajstić information content (AvgIpc) is 2.18. The quantitative estimate of drug-likeness (QED) is 0.403. The molecule has 0 saturated carbocycles. The number of aliphatic carboxylic acids is 1. The molecule has 1 heterocycles. The van der Waals surface area contributed by atoms with E-state index >= 15 is 0 Å². The second kappa shape index (κ2) is 4.21. The van der Waals surface area contributed by atoms with Gasteiger partial charge in [-0.25, -0.2) is 9.59 Å². The van der Waals surface area contributed by atoms with Crippen LogP contribution in [0.2, 0.25) is 0 Å². The molecule has 1 unspecified atom stereocenters. The van der Waals surface area contributed by atoms with E-state index in [0.717, 1.165) is 6.34 Å². The number of carboxylic acids is 1. The summed E-state index contributed by atoms with van der Waals surface area (Å²) in [4.78, 5) is 25.1. The molecule has 0 aliphatic carbocycles. The van der Waals surface area contributed by atoms with Crippen molar-refractivity contribution in [3.63, 3.8) is 0 Å². The van der Waals surface area contributed by atoms with Gasteiger partial charge in [0.15, 0.2) is 5.84 Å². The number of urea groups is 1. The lowest BCUT2D eigenvalue weighted by Crippen LogP contribution is -2.47. The molecule has 8 nitrogen and oxygen atoms in total. The highest BCUT2D eigenvalue weighted by Crippen LogP contribution is 1.96. The van der Waals surface area contributed by atoms with E-state index in [-0.39, 0.29) is 5.84 Å². The molecule has 1 aliphatic heterocycles. The van der Waals surface area contributed by atoms with Crippen LogP contribution in [0.4, 0.5) is 4.79 Å². The first kappa shape index (κ1) is 9.96. The number of hydrogen-bond donors (Lipinski definition) is 4. The van der Waals surface area contributed by atoms with Gasteiger partial charge in [-0.1, -0.05) is 0 Å². The molecular formula is C6H9N5O3. The van der Waals surface area contributed by atoms with Crippen molar-refractivity contribution in [3.05, 3.63) is 0 Å². The SMILES string of the molecule is CNC(=O)NC1=NNC=NC1C(=O)O. The Kier molecular flexibility index (Phi) is 3.00. The zero-order valence-electron chi connectivity index (χ0n) is 7.31. The van der Waals surface area contributed by atoms with E-state index in [2.05, 4.69) is 26.2 Å². The van der Waals surface area contributed by atoms with E-state index in [1.807, 2.05) is 0 Å². The molecule has 0 radical (unpaired) electrons. The fourth-order valence-corrected chi connectivity index (χ4v) is 0.794. The molecule has 4 N–H and O–H groups in total. The number of amidine groups is 1. The lowest BCUT2D eigenvalue weighted by Gasteiger charge is -2.14. The summed E-state index contributed by atoms with van der Waals surface area (Å²) in [5.41, 5.74) is 2.34. The van der Waals surface area contributed by atoms with E-state index in [0.29, 0.717) is 0 Å². The van der Waals surface area contributed by atoms with Crippen LogP contribution in [0.5, 0.6) is 0 Å². The van der Waals surface area contributed by atoms with Crippen molar-refractivity contribution in [2.45, 2.75) is 6.04 Å². The number of aliphatic imine (C=N–C) groups is 1. The zero-order valence-corrected chi connectivity index (χ0v) is 7.31. The standard InChI is InChI=1S/C6H9N5O3/c1-7-6(14)10-4-3(5(12)13)8-2-9-11-4/h2-3H,1H3,(H,8,9)(H,12,13)(H2,7,10,11,14). The minimum absolute atomic E-state index is 0.0562. The highest BCUT2D eigenvalue weighted by molar-refractivity contribution is 6.11. The van der Waals surface area contributed by atoms with E-state index in [4.69, 9.17) is 5.11 Å². The number of carbonyl (C=O) groups excluding carboxylic acids is 1. The first-order valence-corrected chi connectivity index (χ1v) is 3.71. The summed E-state index contributed by atoms with van der Waals surface area (Å²) in [6, 6.07) is -1.72. The van der Waals surface area contributed by atoms with Crippen LogP contribution in [0.25, 0.3) is 0 Å². The predicted molar refractivity (Wildman–Crippen MR) is 48.1 cm³/mol. The molecular weight excluding hydrogens is 190 g/mol. The van der Waals surface area contributed by atoms with Gasteiger partial charge in [0, 0.05) is 7.05 Å². The summed E-state index contributed by atoms with van der Waals surface area (Å²) in [5.74, 6) is -1.24. The Morgan fingerprint density at radius 3 is 2.93 bits per heavy atom. The topological polar surface area (TPSA) is 115 Å². The maximum atomic E-state index is 10.9. The second-order valence-corrected chi connectivity index (χ2v) is 2.35. The Morgan fingerprint density at radius 1 is 1.64 bits per heavy atom. The van der Waals surface area contributed by atoms with Crippen LogP contribution >= 0.6 is 0 Å². The van der Waals surface area contributed by atoms with Gasteiger partial charge in [-0.15, -0.1) is 0 Å². The zero-order chi connectivity index (χ0) is 10.6. The number of hydrogen-bond acceptors (Lipinski definition) is 5. The molecule has 0 bridgehead atoms. The highest BCUT2D eigenvalue weighted by Gasteiger charge is 2.26. The van der Waals surface area contributed by atoms with Crippen LogP contribution in [-0.4, -0.2) is 42.4 Å². The molecule has 1 atom stereocenters. The third kappa shape index (κ3) is 2.19. The van der Waals surface area contributed by atoms with Gasteiger partial charge in [0.2, 0.25) is 6.04 Å². The number of amides is 2. The molecule has 0 aromatic carbocycles. The minimum Gasteiger partial charge on any atom is -0.479 e. The monoisotopic (exact) mass is 199 g/mol. The highest BCUT2D eigenvalue weighted by atomic mass is 16.4. The molecule has 8 heteroatoms. The number of rotatable bonds is 1. The molecule has 2 amide bonds. The lowest BCUT2D eigenvalue weighted by molar-refractivity contribution is -0.136. The number of carboxylic acid groups (broad SMARTS) is 1. The maximum absolute atomic E-state index is 10.9. The van der Waals surface area contributed by atoms with Crippen molar-refractivity contribution in [3.8, 4) is 0 Å². The minimum atomic E-state index is -1.18. The first-order valence-electron chi connectivity index (χ1n) is 3.71. The molecule has 0 saturated heterocycles. The molecule has 1 rings (SSSR count). The summed E-state index contributed by atoms with van der Waals surface area (Å²) in [7, 11) is 1.41. The normalized spacial score (nSPS) is 19.2. The van der Waals surface area contributed by atoms with Crippen molar-refractivity contribution >= 4 is 24.2 Å². The average molecular weight is 199 g/mol. The van der Waals surface area contributed by atoms with E-state index in [1.54, 1.807) is 0 Å². The van der Waals surface area contributed by atoms with E-state index in [1.165, 1.54) is 7.05 Å². The van der Waals surface area contributed by atoms with Crippen molar-refractivity contribution in [2.24, 2.45) is 10.1 Å². The van der Waals surface area contributed by atoms with Crippen LogP contribution in [-0.2, 0) is 4.79 Å². The Morgan fingerprint density at radius 2 is 2.36 bits per heavy atom. The van der Waals surface area contributed by atoms with Gasteiger partial charge in [-0.2, -0.15) is 5.10 Å². The van der Waals surface area contributed by atoms with Crippen LogP contribution in [0.15, 0.2) is 10.1 Å². The number of carbonyl (C=O) groups is 2. The van der Waals surface area contributed by atoms with E-state index < -0.39 is 18.0 Å². The summed E-state index contributed by atoms with van der Waals surface area (Å²) >= 11 is 0. The van der Waals surface area contributed by atoms with Gasteiger partial charge in [-0.3, -0.25) is 15.7 Å². The number of nitrogens with one attached hydrogen (secondary N) is 3. The summed E-state index contributed by atoms with van der Waals surface area (Å²) in [6.45, 7) is 0. The molecule has 0 aromatic rings. The first-order chi connectivity index (χ1) is 6.65. The molecule has 76 valence electrons. The van der Waals surface area contributed by atoms with Gasteiger partial charge in [0.1, 0.15) is 6.34 Å². The molecule has 0 aromatic heterocycles. The van der Waals surface area contributed by atoms with Crippen molar-refractivity contribution in [2.75, 3.05) is 7.05 Å². The van der Waals surface area contributed by atoms with Crippen molar-refractivity contribution < 1.29 is 14.7 Å². The van der Waals surface area contributed by atoms with Gasteiger partial charge >= 0.3 is 12.0 Å². The van der Waals surface area contributed by atoms with Gasteiger partial charge in [0.25, 0.3) is 0 Å². The summed E-state index contributed by atoms with van der Waals surface area (Å²) < 4.78 is 0. The Labute approximate surface area is 79.1 Å². The Bertz CT molecular complexity index is 311. The smallest absolute Gasteiger partial charge is 0.336 e. The third-order valence-corrected chi connectivity index (χ3v) is 1.43. The largest absolute Gasteiger partial charge is 0.479 e. The Hall–Kier alpha value is -2.12. The van der Waals surface area contributed by atoms with Crippen LogP contribution in [0.3, 0.4) is 0 Å². The van der Waals surface area contributed by atoms with Crippen LogP contribution in [0, 0.1) is 0 Å². The van der Waals surface area contributed by atoms with Gasteiger partial charge in [-0.05, 0) is 0 Å². The predicted octanol–water partition coefficient (Wildman–Crippen LogP) is -1.69. The van der Waals surface area contributed by atoms with Gasteiger partial charge in [0.05, 0.1) is 0 Å². The van der Waals surface area contributed by atoms with Crippen molar-refractivity contribution in [1.82, 2.24) is 16.1 Å². The summed E-state index contributed by atoms with van der Waals surface area (Å²) in [6.07, 6.45) is 1.15. The third-order valence-electron chi connectivity index (χ3n) is 1.43. The van der Waals surface area contributed by atoms with Crippen LogP contribution in [0.1, 0.15) is 0 Å². The van der Waals surface area contributed by atoms with Crippen molar-refractivity contribution in [1.29, 1.82) is 0 Å². The van der Waals surface area contributed by atoms with E-state index in [9.17, 15) is 9.59 Å². The van der Waals surface area contributed by atoms with Crippen LogP contribution < -0.4 is 16.1 Å². The number of nitrogens with zero attached hydrogens (tertiary/aromatic N) is 2. The second-order valence-electron chi connectivity index (χ2n) is 2.35. The molecule has 14 heavy (non-hydrogen) atoms. The molecule has 0 fully saturated rings. The maximum Gasteiger partial charge on any atom is 0.336 e. The fraction of sp³-hybridized carbons (Fsp3) is 0.333. The summed E-state index contributed by atoms with van der Waals surface area (Å²) in [5, 5.41) is 16.8.